The van der Waals surface area contributed by atoms with Crippen molar-refractivity contribution in [2.24, 2.45) is 5.92 Å². The molecule has 0 aromatic heterocycles. The third-order valence-corrected chi connectivity index (χ3v) is 2.79. The van der Waals surface area contributed by atoms with Crippen LogP contribution >= 0.6 is 12.4 Å². The van der Waals surface area contributed by atoms with Crippen LogP contribution in [0.15, 0.2) is 30.3 Å². The van der Waals surface area contributed by atoms with E-state index >= 15 is 0 Å². The summed E-state index contributed by atoms with van der Waals surface area (Å²) in [5.41, 5.74) is 2.57. The van der Waals surface area contributed by atoms with Gasteiger partial charge in [-0.1, -0.05) is 32.1 Å². The van der Waals surface area contributed by atoms with E-state index in [9.17, 15) is 5.11 Å². The summed E-state index contributed by atoms with van der Waals surface area (Å²) < 4.78 is 0. The maximum atomic E-state index is 9.32. The van der Waals surface area contributed by atoms with Crippen LogP contribution in [0.4, 0.5) is 0 Å². The highest BCUT2D eigenvalue weighted by Gasteiger charge is 2.11. The van der Waals surface area contributed by atoms with Crippen LogP contribution in [0.25, 0.3) is 5.57 Å². The van der Waals surface area contributed by atoms with Crippen molar-refractivity contribution >= 4 is 18.0 Å². The average molecular weight is 270 g/mol. The number of rotatable bonds is 5. The molecule has 0 bridgehead atoms. The summed E-state index contributed by atoms with van der Waals surface area (Å²) in [6.07, 6.45) is 3.31. The molecule has 1 aromatic carbocycles. The van der Waals surface area contributed by atoms with Gasteiger partial charge >= 0.3 is 0 Å². The molecule has 1 rings (SSSR count). The molecule has 0 saturated heterocycles. The molecular formula is C15H24ClNO. The van der Waals surface area contributed by atoms with Crippen molar-refractivity contribution in [3.63, 3.8) is 0 Å². The van der Waals surface area contributed by atoms with Crippen molar-refractivity contribution in [3.05, 3.63) is 35.9 Å². The van der Waals surface area contributed by atoms with Crippen molar-refractivity contribution in [1.29, 1.82) is 0 Å². The number of nitrogens with zero attached hydrogens (tertiary/aromatic N) is 1. The summed E-state index contributed by atoms with van der Waals surface area (Å²) in [6.45, 7) is 5.43. The van der Waals surface area contributed by atoms with E-state index in [2.05, 4.69) is 38.9 Å². The van der Waals surface area contributed by atoms with Crippen LogP contribution in [-0.2, 0) is 0 Å². The molecule has 0 saturated carbocycles. The van der Waals surface area contributed by atoms with Crippen LogP contribution in [-0.4, -0.2) is 30.6 Å². The predicted molar refractivity (Wildman–Crippen MR) is 81.3 cm³/mol. The van der Waals surface area contributed by atoms with Gasteiger partial charge in [0.2, 0.25) is 0 Å². The smallest absolute Gasteiger partial charge is 0.115 e. The SMILES string of the molecule is CCC=C(c1ccc(O)cc1)C(C)CN(C)C.Cl. The van der Waals surface area contributed by atoms with Gasteiger partial charge in [0.1, 0.15) is 5.75 Å². The molecule has 102 valence electrons. The standard InChI is InChI=1S/C15H23NO.ClH/c1-5-6-15(12(2)11-16(3)4)13-7-9-14(17)10-8-13;/h6-10,12,17H,5,11H2,1-4H3;1H. The predicted octanol–water partition coefficient (Wildman–Crippen LogP) is 3.81. The molecule has 1 N–H and O–H groups in total. The van der Waals surface area contributed by atoms with Gasteiger partial charge < -0.3 is 10.0 Å². The summed E-state index contributed by atoms with van der Waals surface area (Å²) in [5, 5.41) is 9.32. The van der Waals surface area contributed by atoms with E-state index in [4.69, 9.17) is 0 Å². The average Bonchev–Trinajstić information content (AvgIpc) is 2.26. The van der Waals surface area contributed by atoms with E-state index < -0.39 is 0 Å². The molecule has 0 fully saturated rings. The lowest BCUT2D eigenvalue weighted by Gasteiger charge is -2.20. The van der Waals surface area contributed by atoms with Crippen LogP contribution in [0.1, 0.15) is 25.8 Å². The number of hydrogen-bond acceptors (Lipinski definition) is 2. The summed E-state index contributed by atoms with van der Waals surface area (Å²) in [4.78, 5) is 2.20. The second-order valence-corrected chi connectivity index (χ2v) is 4.78. The molecule has 3 heteroatoms. The quantitative estimate of drug-likeness (QED) is 0.879. The van der Waals surface area contributed by atoms with Gasteiger partial charge in [0.15, 0.2) is 0 Å². The molecular weight excluding hydrogens is 246 g/mol. The fraction of sp³-hybridized carbons (Fsp3) is 0.467. The number of phenolic OH excluding ortho intramolecular Hbond substituents is 1. The first-order valence-electron chi connectivity index (χ1n) is 6.18. The van der Waals surface area contributed by atoms with Crippen LogP contribution in [0.2, 0.25) is 0 Å². The van der Waals surface area contributed by atoms with E-state index in [1.807, 2.05) is 12.1 Å². The zero-order valence-electron chi connectivity index (χ0n) is 11.7. The van der Waals surface area contributed by atoms with Crippen LogP contribution < -0.4 is 0 Å². The number of hydrogen-bond donors (Lipinski definition) is 1. The van der Waals surface area contributed by atoms with Gasteiger partial charge in [0, 0.05) is 6.54 Å². The number of allylic oxidation sites excluding steroid dienone is 1. The minimum Gasteiger partial charge on any atom is -0.508 e. The zero-order chi connectivity index (χ0) is 12.8. The summed E-state index contributed by atoms with van der Waals surface area (Å²) in [6, 6.07) is 7.48. The van der Waals surface area contributed by atoms with Gasteiger partial charge in [-0.05, 0) is 49.7 Å². The Hall–Kier alpha value is -0.990. The van der Waals surface area contributed by atoms with E-state index in [0.29, 0.717) is 11.7 Å². The molecule has 1 atom stereocenters. The second-order valence-electron chi connectivity index (χ2n) is 4.78. The number of benzene rings is 1. The monoisotopic (exact) mass is 269 g/mol. The van der Waals surface area contributed by atoms with Crippen molar-refractivity contribution in [3.8, 4) is 5.75 Å². The summed E-state index contributed by atoms with van der Waals surface area (Å²) >= 11 is 0. The highest BCUT2D eigenvalue weighted by molar-refractivity contribution is 5.85. The molecule has 0 aliphatic rings. The fourth-order valence-corrected chi connectivity index (χ4v) is 2.12. The molecule has 0 amide bonds. The van der Waals surface area contributed by atoms with Crippen LogP contribution in [0.3, 0.4) is 0 Å². The van der Waals surface area contributed by atoms with Gasteiger partial charge in [-0.15, -0.1) is 12.4 Å². The summed E-state index contributed by atoms with van der Waals surface area (Å²) in [5.74, 6) is 0.819. The van der Waals surface area contributed by atoms with Crippen LogP contribution in [0, 0.1) is 5.92 Å². The minimum absolute atomic E-state index is 0. The Labute approximate surface area is 117 Å². The Balaban J connectivity index is 0.00000289. The lowest BCUT2D eigenvalue weighted by Crippen LogP contribution is -2.20. The van der Waals surface area contributed by atoms with Crippen molar-refractivity contribution < 1.29 is 5.11 Å². The van der Waals surface area contributed by atoms with Gasteiger partial charge in [0.05, 0.1) is 0 Å². The number of aromatic hydroxyl groups is 1. The van der Waals surface area contributed by atoms with Crippen molar-refractivity contribution in [1.82, 2.24) is 4.90 Å². The van der Waals surface area contributed by atoms with E-state index in [1.54, 1.807) is 12.1 Å². The molecule has 1 unspecified atom stereocenters. The van der Waals surface area contributed by atoms with Crippen molar-refractivity contribution in [2.75, 3.05) is 20.6 Å². The fourth-order valence-electron chi connectivity index (χ4n) is 2.12. The Morgan fingerprint density at radius 2 is 1.83 bits per heavy atom. The lowest BCUT2D eigenvalue weighted by atomic mass is 9.92. The molecule has 1 aromatic rings. The third kappa shape index (κ3) is 5.11. The van der Waals surface area contributed by atoms with E-state index in [1.165, 1.54) is 11.1 Å². The first-order chi connectivity index (χ1) is 8.04. The second kappa shape index (κ2) is 8.17. The van der Waals surface area contributed by atoms with Gasteiger partial charge in [-0.3, -0.25) is 0 Å². The van der Waals surface area contributed by atoms with Gasteiger partial charge in [0.25, 0.3) is 0 Å². The molecule has 0 spiro atoms. The molecule has 0 radical (unpaired) electrons. The zero-order valence-corrected chi connectivity index (χ0v) is 12.5. The molecule has 0 aliphatic heterocycles. The van der Waals surface area contributed by atoms with E-state index in [-0.39, 0.29) is 12.4 Å². The minimum atomic E-state index is 0. The van der Waals surface area contributed by atoms with Crippen LogP contribution in [0.5, 0.6) is 5.75 Å². The highest BCUT2D eigenvalue weighted by Crippen LogP contribution is 2.25. The number of phenols is 1. The largest absolute Gasteiger partial charge is 0.508 e. The maximum absolute atomic E-state index is 9.32. The summed E-state index contributed by atoms with van der Waals surface area (Å²) in [7, 11) is 4.19. The molecule has 0 aliphatic carbocycles. The Kier molecular flexibility index (Phi) is 7.72. The highest BCUT2D eigenvalue weighted by atomic mass is 35.5. The Morgan fingerprint density at radius 1 is 1.28 bits per heavy atom. The first-order valence-corrected chi connectivity index (χ1v) is 6.18. The molecule has 18 heavy (non-hydrogen) atoms. The van der Waals surface area contributed by atoms with Gasteiger partial charge in [-0.2, -0.15) is 0 Å². The Bertz CT molecular complexity index is 371. The Morgan fingerprint density at radius 3 is 2.28 bits per heavy atom. The first kappa shape index (κ1) is 17.0. The topological polar surface area (TPSA) is 23.5 Å². The lowest BCUT2D eigenvalue weighted by molar-refractivity contribution is 0.375. The van der Waals surface area contributed by atoms with E-state index in [0.717, 1.165) is 13.0 Å². The number of halogens is 1. The molecule has 2 nitrogen and oxygen atoms in total. The van der Waals surface area contributed by atoms with Gasteiger partial charge in [-0.25, -0.2) is 0 Å². The maximum Gasteiger partial charge on any atom is 0.115 e. The normalized spacial score (nSPS) is 13.3. The third-order valence-electron chi connectivity index (χ3n) is 2.79. The molecule has 0 heterocycles. The van der Waals surface area contributed by atoms with Crippen molar-refractivity contribution in [2.45, 2.75) is 20.3 Å².